The summed E-state index contributed by atoms with van der Waals surface area (Å²) in [6.45, 7) is 1.92. The van der Waals surface area contributed by atoms with Crippen LogP contribution in [-0.4, -0.2) is 11.0 Å². The SMILES string of the molecule is CC(Cc1cccs1)Nc1ccc(C(N)=S)c(F)c1F. The number of rotatable bonds is 5. The maximum absolute atomic E-state index is 13.9. The maximum atomic E-state index is 13.9. The fourth-order valence-electron chi connectivity index (χ4n) is 1.90. The molecule has 0 aliphatic rings. The minimum absolute atomic E-state index is 0.0155. The van der Waals surface area contributed by atoms with Crippen molar-refractivity contribution in [3.05, 3.63) is 51.7 Å². The number of nitrogens with two attached hydrogens (primary N) is 1. The van der Waals surface area contributed by atoms with Crippen molar-refractivity contribution in [3.8, 4) is 0 Å². The molecule has 0 spiro atoms. The van der Waals surface area contributed by atoms with E-state index in [1.54, 1.807) is 11.3 Å². The van der Waals surface area contributed by atoms with Crippen molar-refractivity contribution < 1.29 is 8.78 Å². The van der Waals surface area contributed by atoms with Gasteiger partial charge in [-0.1, -0.05) is 18.3 Å². The summed E-state index contributed by atoms with van der Waals surface area (Å²) in [5.74, 6) is -1.96. The van der Waals surface area contributed by atoms with E-state index in [1.807, 2.05) is 24.4 Å². The van der Waals surface area contributed by atoms with Gasteiger partial charge < -0.3 is 11.1 Å². The Morgan fingerprint density at radius 2 is 2.10 bits per heavy atom. The highest BCUT2D eigenvalue weighted by Gasteiger charge is 2.16. The third kappa shape index (κ3) is 3.32. The average molecular weight is 312 g/mol. The highest BCUT2D eigenvalue weighted by Crippen LogP contribution is 2.22. The van der Waals surface area contributed by atoms with Crippen molar-refractivity contribution in [1.82, 2.24) is 0 Å². The number of anilines is 1. The van der Waals surface area contributed by atoms with Crippen LogP contribution in [0.3, 0.4) is 0 Å². The number of nitrogens with one attached hydrogen (secondary N) is 1. The molecule has 3 N–H and O–H groups in total. The summed E-state index contributed by atoms with van der Waals surface area (Å²) in [4.78, 5) is 1.03. The van der Waals surface area contributed by atoms with Gasteiger partial charge >= 0.3 is 0 Å². The topological polar surface area (TPSA) is 38.0 Å². The van der Waals surface area contributed by atoms with Crippen LogP contribution in [-0.2, 0) is 6.42 Å². The smallest absolute Gasteiger partial charge is 0.182 e. The number of benzene rings is 1. The fourth-order valence-corrected chi connectivity index (χ4v) is 2.89. The van der Waals surface area contributed by atoms with E-state index in [0.29, 0.717) is 0 Å². The van der Waals surface area contributed by atoms with Crippen molar-refractivity contribution in [1.29, 1.82) is 0 Å². The molecule has 1 unspecified atom stereocenters. The molecule has 1 aromatic carbocycles. The van der Waals surface area contributed by atoms with Gasteiger partial charge in [0.2, 0.25) is 0 Å². The second-order valence-corrected chi connectivity index (χ2v) is 5.95. The molecule has 106 valence electrons. The van der Waals surface area contributed by atoms with Gasteiger partial charge in [-0.2, -0.15) is 0 Å². The lowest BCUT2D eigenvalue weighted by Gasteiger charge is -2.16. The van der Waals surface area contributed by atoms with E-state index >= 15 is 0 Å². The Morgan fingerprint density at radius 3 is 2.70 bits per heavy atom. The molecule has 0 amide bonds. The van der Waals surface area contributed by atoms with Crippen LogP contribution < -0.4 is 11.1 Å². The first kappa shape index (κ1) is 14.9. The highest BCUT2D eigenvalue weighted by molar-refractivity contribution is 7.80. The van der Waals surface area contributed by atoms with Crippen molar-refractivity contribution in [2.45, 2.75) is 19.4 Å². The lowest BCUT2D eigenvalue weighted by Crippen LogP contribution is -2.20. The van der Waals surface area contributed by atoms with Crippen LogP contribution in [0.1, 0.15) is 17.4 Å². The van der Waals surface area contributed by atoms with Crippen molar-refractivity contribution in [3.63, 3.8) is 0 Å². The van der Waals surface area contributed by atoms with E-state index in [9.17, 15) is 8.78 Å². The molecular weight excluding hydrogens is 298 g/mol. The summed E-state index contributed by atoms with van der Waals surface area (Å²) in [6, 6.07) is 6.80. The Bertz CT molecular complexity index is 612. The molecule has 1 aromatic heterocycles. The van der Waals surface area contributed by atoms with Crippen molar-refractivity contribution in [2.24, 2.45) is 5.73 Å². The van der Waals surface area contributed by atoms with E-state index in [1.165, 1.54) is 17.0 Å². The predicted octanol–water partition coefficient (Wildman–Crippen LogP) is 3.70. The summed E-state index contributed by atoms with van der Waals surface area (Å²) in [5.41, 5.74) is 5.37. The maximum Gasteiger partial charge on any atom is 0.182 e. The van der Waals surface area contributed by atoms with Gasteiger partial charge in [0.1, 0.15) is 4.99 Å². The van der Waals surface area contributed by atoms with E-state index in [0.717, 1.165) is 6.42 Å². The van der Waals surface area contributed by atoms with Crippen LogP contribution in [0.25, 0.3) is 0 Å². The third-order valence-corrected chi connectivity index (χ3v) is 3.96. The molecule has 2 nitrogen and oxygen atoms in total. The van der Waals surface area contributed by atoms with Crippen LogP contribution in [0.15, 0.2) is 29.6 Å². The van der Waals surface area contributed by atoms with Gasteiger partial charge in [-0.25, -0.2) is 8.78 Å². The number of thiocarbonyl (C=S) groups is 1. The zero-order valence-electron chi connectivity index (χ0n) is 10.8. The zero-order valence-corrected chi connectivity index (χ0v) is 12.5. The minimum Gasteiger partial charge on any atom is -0.389 e. The van der Waals surface area contributed by atoms with Crippen molar-refractivity contribution in [2.75, 3.05) is 5.32 Å². The Morgan fingerprint density at radius 1 is 1.35 bits per heavy atom. The molecule has 0 radical (unpaired) electrons. The fraction of sp³-hybridized carbons (Fsp3) is 0.214. The first-order chi connectivity index (χ1) is 9.49. The quantitative estimate of drug-likeness (QED) is 0.827. The van der Waals surface area contributed by atoms with Gasteiger partial charge in [-0.3, -0.25) is 0 Å². The molecule has 0 saturated carbocycles. The zero-order chi connectivity index (χ0) is 14.7. The normalized spacial score (nSPS) is 12.2. The van der Waals surface area contributed by atoms with Gasteiger partial charge in [-0.15, -0.1) is 11.3 Å². The molecule has 20 heavy (non-hydrogen) atoms. The van der Waals surface area contributed by atoms with Gasteiger partial charge in [0.25, 0.3) is 0 Å². The molecular formula is C14H14F2N2S2. The lowest BCUT2D eigenvalue weighted by molar-refractivity contribution is 0.508. The third-order valence-electron chi connectivity index (χ3n) is 2.84. The number of halogens is 2. The van der Waals surface area contributed by atoms with Gasteiger partial charge in [0, 0.05) is 22.9 Å². The van der Waals surface area contributed by atoms with Crippen LogP contribution in [0, 0.1) is 11.6 Å². The Labute approximate surface area is 125 Å². The van der Waals surface area contributed by atoms with Crippen LogP contribution in [0.5, 0.6) is 0 Å². The second-order valence-electron chi connectivity index (χ2n) is 4.48. The van der Waals surface area contributed by atoms with Gasteiger partial charge in [-0.05, 0) is 30.5 Å². The van der Waals surface area contributed by atoms with E-state index < -0.39 is 11.6 Å². The van der Waals surface area contributed by atoms with E-state index in [4.69, 9.17) is 5.73 Å². The van der Waals surface area contributed by atoms with Gasteiger partial charge in [0.15, 0.2) is 11.6 Å². The van der Waals surface area contributed by atoms with Crippen molar-refractivity contribution >= 4 is 34.2 Å². The molecule has 1 heterocycles. The lowest BCUT2D eigenvalue weighted by atomic mass is 10.1. The molecule has 1 atom stereocenters. The summed E-state index contributed by atoms with van der Waals surface area (Å²) in [6.07, 6.45) is 0.746. The molecule has 0 bridgehead atoms. The Hall–Kier alpha value is -1.53. The largest absolute Gasteiger partial charge is 0.389 e. The van der Waals surface area contributed by atoms with Crippen LogP contribution in [0.2, 0.25) is 0 Å². The minimum atomic E-state index is -1.01. The summed E-state index contributed by atoms with van der Waals surface area (Å²) in [5, 5.41) is 4.95. The predicted molar refractivity (Wildman–Crippen MR) is 83.4 cm³/mol. The Kier molecular flexibility index (Phi) is 4.67. The molecule has 2 aromatic rings. The monoisotopic (exact) mass is 312 g/mol. The first-order valence-electron chi connectivity index (χ1n) is 6.05. The molecule has 2 rings (SSSR count). The standard InChI is InChI=1S/C14H14F2N2S2/c1-8(7-9-3-2-6-20-9)18-11-5-4-10(14(17)19)12(15)13(11)16/h2-6,8,18H,7H2,1H3,(H2,17,19). The molecule has 0 fully saturated rings. The van der Waals surface area contributed by atoms with Gasteiger partial charge in [0.05, 0.1) is 5.69 Å². The van der Waals surface area contributed by atoms with Crippen LogP contribution in [0.4, 0.5) is 14.5 Å². The first-order valence-corrected chi connectivity index (χ1v) is 7.34. The highest BCUT2D eigenvalue weighted by atomic mass is 32.1. The molecule has 6 heteroatoms. The summed E-state index contributed by atoms with van der Waals surface area (Å²) < 4.78 is 27.7. The van der Waals surface area contributed by atoms with E-state index in [2.05, 4.69) is 17.5 Å². The summed E-state index contributed by atoms with van der Waals surface area (Å²) >= 11 is 6.30. The summed E-state index contributed by atoms with van der Waals surface area (Å²) in [7, 11) is 0. The molecule has 0 aliphatic heterocycles. The average Bonchev–Trinajstić information content (AvgIpc) is 2.87. The molecule has 0 saturated heterocycles. The number of thiophene rings is 1. The number of hydrogen-bond donors (Lipinski definition) is 2. The number of hydrogen-bond acceptors (Lipinski definition) is 3. The molecule has 0 aliphatic carbocycles. The Balaban J connectivity index is 2.13. The van der Waals surface area contributed by atoms with Crippen LogP contribution >= 0.6 is 23.6 Å². The second kappa shape index (κ2) is 6.28. The van der Waals surface area contributed by atoms with E-state index in [-0.39, 0.29) is 22.3 Å².